The lowest BCUT2D eigenvalue weighted by Crippen LogP contribution is -2.37. The van der Waals surface area contributed by atoms with Crippen LogP contribution >= 0.6 is 11.6 Å². The highest BCUT2D eigenvalue weighted by atomic mass is 35.5. The average molecular weight is 345 g/mol. The molecule has 2 aromatic heterocycles. The second-order valence-electron chi connectivity index (χ2n) is 6.58. The zero-order valence-electron chi connectivity index (χ0n) is 13.8. The zero-order valence-corrected chi connectivity index (χ0v) is 14.5. The summed E-state index contributed by atoms with van der Waals surface area (Å²) in [4.78, 5) is 11.3. The van der Waals surface area contributed by atoms with E-state index in [9.17, 15) is 0 Å². The minimum Gasteiger partial charge on any atom is -0.330 e. The Morgan fingerprint density at radius 2 is 2.25 bits per heavy atom. The molecular weight excluding hydrogens is 324 g/mol. The van der Waals surface area contributed by atoms with Gasteiger partial charge in [0, 0.05) is 25.2 Å². The quantitative estimate of drug-likeness (QED) is 0.730. The molecule has 1 saturated heterocycles. The van der Waals surface area contributed by atoms with E-state index in [1.165, 1.54) is 12.8 Å². The number of halogens is 1. The van der Waals surface area contributed by atoms with Crippen LogP contribution in [-0.2, 0) is 20.1 Å². The topological polar surface area (TPSA) is 51.8 Å². The summed E-state index contributed by atoms with van der Waals surface area (Å²) in [5.41, 5.74) is 2.10. The summed E-state index contributed by atoms with van der Waals surface area (Å²) in [7, 11) is 2.08. The molecule has 7 heteroatoms. The van der Waals surface area contributed by atoms with Gasteiger partial charge in [0.1, 0.15) is 18.5 Å². The van der Waals surface area contributed by atoms with E-state index in [0.717, 1.165) is 48.1 Å². The van der Waals surface area contributed by atoms with Crippen molar-refractivity contribution in [3.63, 3.8) is 0 Å². The van der Waals surface area contributed by atoms with Gasteiger partial charge in [0.15, 0.2) is 0 Å². The first-order chi connectivity index (χ1) is 11.7. The Balaban J connectivity index is 1.47. The number of aryl methyl sites for hydroxylation is 1. The Labute approximate surface area is 146 Å². The number of rotatable bonds is 4. The van der Waals surface area contributed by atoms with E-state index >= 15 is 0 Å². The second-order valence-corrected chi connectivity index (χ2v) is 7.02. The lowest BCUT2D eigenvalue weighted by Gasteiger charge is -2.32. The standard InChI is InChI=1S/C17H21ClN6/c1-22-16-5-4-14(18)7-15(16)21-17(22)10-23-6-2-3-13(8-23)9-24-12-19-11-20-24/h4-5,7,11-13H,2-3,6,8-10H2,1H3/t13-/m1/s1. The maximum atomic E-state index is 6.09. The van der Waals surface area contributed by atoms with E-state index in [2.05, 4.69) is 26.6 Å². The van der Waals surface area contributed by atoms with E-state index < -0.39 is 0 Å². The molecule has 1 aromatic carbocycles. The number of benzene rings is 1. The molecule has 6 nitrogen and oxygen atoms in total. The minimum atomic E-state index is 0.615. The molecule has 1 aliphatic rings. The molecule has 3 heterocycles. The van der Waals surface area contributed by atoms with Crippen LogP contribution in [0.2, 0.25) is 5.02 Å². The van der Waals surface area contributed by atoms with Gasteiger partial charge in [-0.3, -0.25) is 9.58 Å². The Hall–Kier alpha value is -1.92. The van der Waals surface area contributed by atoms with Gasteiger partial charge in [-0.05, 0) is 43.5 Å². The molecule has 3 aromatic rings. The lowest BCUT2D eigenvalue weighted by atomic mass is 9.98. The molecule has 1 aliphatic heterocycles. The van der Waals surface area contributed by atoms with Gasteiger partial charge in [0.2, 0.25) is 0 Å². The van der Waals surface area contributed by atoms with E-state index in [-0.39, 0.29) is 0 Å². The molecule has 0 spiro atoms. The molecule has 0 unspecified atom stereocenters. The number of hydrogen-bond acceptors (Lipinski definition) is 4. The highest BCUT2D eigenvalue weighted by Gasteiger charge is 2.22. The molecule has 0 aliphatic carbocycles. The molecule has 126 valence electrons. The molecular formula is C17H21ClN6. The molecule has 24 heavy (non-hydrogen) atoms. The maximum Gasteiger partial charge on any atom is 0.137 e. The van der Waals surface area contributed by atoms with Gasteiger partial charge in [0.05, 0.1) is 17.6 Å². The van der Waals surface area contributed by atoms with Gasteiger partial charge in [-0.15, -0.1) is 0 Å². The van der Waals surface area contributed by atoms with Gasteiger partial charge in [-0.1, -0.05) is 11.6 Å². The van der Waals surface area contributed by atoms with Gasteiger partial charge < -0.3 is 4.57 Å². The summed E-state index contributed by atoms with van der Waals surface area (Å²) in [5, 5.41) is 4.96. The fraction of sp³-hybridized carbons (Fsp3) is 0.471. The van der Waals surface area contributed by atoms with Gasteiger partial charge in [0.25, 0.3) is 0 Å². The number of nitrogens with zero attached hydrogens (tertiary/aromatic N) is 6. The van der Waals surface area contributed by atoms with Gasteiger partial charge in [-0.25, -0.2) is 9.97 Å². The van der Waals surface area contributed by atoms with Crippen LogP contribution in [0.25, 0.3) is 11.0 Å². The van der Waals surface area contributed by atoms with Crippen LogP contribution < -0.4 is 0 Å². The summed E-state index contributed by atoms with van der Waals surface area (Å²) in [6.07, 6.45) is 5.86. The Bertz CT molecular complexity index is 825. The van der Waals surface area contributed by atoms with Crippen molar-refractivity contribution in [3.05, 3.63) is 41.7 Å². The number of piperidine rings is 1. The Morgan fingerprint density at radius 1 is 1.33 bits per heavy atom. The molecule has 0 saturated carbocycles. The number of fused-ring (bicyclic) bond motifs is 1. The number of aromatic nitrogens is 5. The van der Waals surface area contributed by atoms with Crippen molar-refractivity contribution in [2.45, 2.75) is 25.9 Å². The zero-order chi connectivity index (χ0) is 16.5. The number of likely N-dealkylation sites (tertiary alicyclic amines) is 1. The van der Waals surface area contributed by atoms with Crippen molar-refractivity contribution in [1.82, 2.24) is 29.2 Å². The minimum absolute atomic E-state index is 0.615. The summed E-state index contributed by atoms with van der Waals surface area (Å²) in [6, 6.07) is 5.90. The summed E-state index contributed by atoms with van der Waals surface area (Å²) in [5.74, 6) is 1.71. The maximum absolute atomic E-state index is 6.09. The third kappa shape index (κ3) is 3.16. The van der Waals surface area contributed by atoms with E-state index in [4.69, 9.17) is 16.6 Å². The first-order valence-corrected chi connectivity index (χ1v) is 8.72. The summed E-state index contributed by atoms with van der Waals surface area (Å²) >= 11 is 6.09. The van der Waals surface area contributed by atoms with Crippen molar-refractivity contribution in [2.24, 2.45) is 13.0 Å². The van der Waals surface area contributed by atoms with E-state index in [1.807, 2.05) is 22.9 Å². The second kappa shape index (κ2) is 6.53. The first kappa shape index (κ1) is 15.6. The highest BCUT2D eigenvalue weighted by molar-refractivity contribution is 6.31. The smallest absolute Gasteiger partial charge is 0.137 e. The van der Waals surface area contributed by atoms with Crippen LogP contribution in [0.3, 0.4) is 0 Å². The van der Waals surface area contributed by atoms with Crippen LogP contribution in [0, 0.1) is 5.92 Å². The Kier molecular flexibility index (Phi) is 4.24. The predicted molar refractivity (Wildman–Crippen MR) is 93.7 cm³/mol. The molecule has 4 rings (SSSR count). The largest absolute Gasteiger partial charge is 0.330 e. The number of imidazole rings is 1. The van der Waals surface area contributed by atoms with Crippen molar-refractivity contribution < 1.29 is 0 Å². The molecule has 0 bridgehead atoms. The third-order valence-corrected chi connectivity index (χ3v) is 5.05. The van der Waals surface area contributed by atoms with Crippen LogP contribution in [0.4, 0.5) is 0 Å². The molecule has 0 N–H and O–H groups in total. The number of hydrogen-bond donors (Lipinski definition) is 0. The third-order valence-electron chi connectivity index (χ3n) is 4.82. The fourth-order valence-electron chi connectivity index (χ4n) is 3.60. The molecule has 0 radical (unpaired) electrons. The summed E-state index contributed by atoms with van der Waals surface area (Å²) < 4.78 is 4.11. The van der Waals surface area contributed by atoms with Crippen molar-refractivity contribution in [1.29, 1.82) is 0 Å². The SMILES string of the molecule is Cn1c(CN2CCC[C@@H](Cn3cncn3)C2)nc2cc(Cl)ccc21. The lowest BCUT2D eigenvalue weighted by molar-refractivity contribution is 0.149. The average Bonchev–Trinajstić information content (AvgIpc) is 3.17. The van der Waals surface area contributed by atoms with Crippen molar-refractivity contribution in [3.8, 4) is 0 Å². The van der Waals surface area contributed by atoms with Crippen LogP contribution in [0.1, 0.15) is 18.7 Å². The van der Waals surface area contributed by atoms with E-state index in [0.29, 0.717) is 5.92 Å². The molecule has 0 amide bonds. The monoisotopic (exact) mass is 344 g/mol. The van der Waals surface area contributed by atoms with Crippen LogP contribution in [-0.4, -0.2) is 42.3 Å². The highest BCUT2D eigenvalue weighted by Crippen LogP contribution is 2.23. The van der Waals surface area contributed by atoms with Gasteiger partial charge >= 0.3 is 0 Å². The van der Waals surface area contributed by atoms with Crippen molar-refractivity contribution in [2.75, 3.05) is 13.1 Å². The predicted octanol–water partition coefficient (Wildman–Crippen LogP) is 2.73. The normalized spacial score (nSPS) is 19.2. The summed E-state index contributed by atoms with van der Waals surface area (Å²) in [6.45, 7) is 4.01. The van der Waals surface area contributed by atoms with Crippen LogP contribution in [0.15, 0.2) is 30.9 Å². The molecule has 1 atom stereocenters. The Morgan fingerprint density at radius 3 is 3.08 bits per heavy atom. The first-order valence-electron chi connectivity index (χ1n) is 8.34. The fourth-order valence-corrected chi connectivity index (χ4v) is 3.77. The molecule has 1 fully saturated rings. The van der Waals surface area contributed by atoms with E-state index in [1.54, 1.807) is 12.7 Å². The van der Waals surface area contributed by atoms with Crippen molar-refractivity contribution >= 4 is 22.6 Å². The van der Waals surface area contributed by atoms with Crippen LogP contribution in [0.5, 0.6) is 0 Å². The van der Waals surface area contributed by atoms with Gasteiger partial charge in [-0.2, -0.15) is 5.10 Å².